The van der Waals surface area contributed by atoms with Gasteiger partial charge in [-0.2, -0.15) is 0 Å². The number of benzene rings is 4. The third kappa shape index (κ3) is 6.58. The molecule has 0 amide bonds. The highest BCUT2D eigenvalue weighted by Gasteiger charge is 2.12. The van der Waals surface area contributed by atoms with E-state index in [-0.39, 0.29) is 6.61 Å². The molecule has 0 radical (unpaired) electrons. The molecule has 0 saturated carbocycles. The average molecular weight is 467 g/mol. The molecule has 0 aliphatic rings. The van der Waals surface area contributed by atoms with Crippen molar-refractivity contribution in [2.75, 3.05) is 6.61 Å². The summed E-state index contributed by atoms with van der Waals surface area (Å²) in [7, 11) is 0. The predicted molar refractivity (Wildman–Crippen MR) is 135 cm³/mol. The SMILES string of the molecule is CCCOc1ccc(-c2ccc(C(=O)Oc3ccc(C(=O)OCc4ccccc4)cc3)cc2)cc1. The van der Waals surface area contributed by atoms with Crippen LogP contribution in [0, 0.1) is 0 Å². The Hall–Kier alpha value is -4.38. The van der Waals surface area contributed by atoms with Crippen molar-refractivity contribution in [3.05, 3.63) is 120 Å². The van der Waals surface area contributed by atoms with E-state index in [2.05, 4.69) is 6.92 Å². The minimum Gasteiger partial charge on any atom is -0.494 e. The summed E-state index contributed by atoms with van der Waals surface area (Å²) in [5.74, 6) is 0.277. The van der Waals surface area contributed by atoms with Crippen LogP contribution in [-0.2, 0) is 11.3 Å². The Labute approximate surface area is 204 Å². The van der Waals surface area contributed by atoms with E-state index in [0.717, 1.165) is 28.9 Å². The van der Waals surface area contributed by atoms with E-state index in [4.69, 9.17) is 14.2 Å². The van der Waals surface area contributed by atoms with Crippen LogP contribution in [0.4, 0.5) is 0 Å². The van der Waals surface area contributed by atoms with Crippen LogP contribution in [0.5, 0.6) is 11.5 Å². The largest absolute Gasteiger partial charge is 0.494 e. The van der Waals surface area contributed by atoms with Crippen LogP contribution in [0.2, 0.25) is 0 Å². The van der Waals surface area contributed by atoms with E-state index in [9.17, 15) is 9.59 Å². The molecule has 0 spiro atoms. The zero-order chi connectivity index (χ0) is 24.5. The van der Waals surface area contributed by atoms with Crippen LogP contribution in [0.25, 0.3) is 11.1 Å². The Morgan fingerprint density at radius 3 is 1.80 bits per heavy atom. The van der Waals surface area contributed by atoms with Gasteiger partial charge in [-0.15, -0.1) is 0 Å². The molecule has 35 heavy (non-hydrogen) atoms. The van der Waals surface area contributed by atoms with Gasteiger partial charge in [0.05, 0.1) is 17.7 Å². The first-order valence-electron chi connectivity index (χ1n) is 11.5. The van der Waals surface area contributed by atoms with Gasteiger partial charge >= 0.3 is 11.9 Å². The zero-order valence-corrected chi connectivity index (χ0v) is 19.5. The molecule has 0 saturated heterocycles. The summed E-state index contributed by atoms with van der Waals surface area (Å²) in [6.07, 6.45) is 0.963. The Morgan fingerprint density at radius 2 is 1.17 bits per heavy atom. The monoisotopic (exact) mass is 466 g/mol. The van der Waals surface area contributed by atoms with E-state index in [1.807, 2.05) is 66.7 Å². The zero-order valence-electron chi connectivity index (χ0n) is 19.5. The number of rotatable bonds is 9. The fraction of sp³-hybridized carbons (Fsp3) is 0.133. The van der Waals surface area contributed by atoms with Crippen molar-refractivity contribution < 1.29 is 23.8 Å². The van der Waals surface area contributed by atoms with Crippen molar-refractivity contribution in [1.29, 1.82) is 0 Å². The van der Waals surface area contributed by atoms with E-state index in [1.165, 1.54) is 0 Å². The lowest BCUT2D eigenvalue weighted by Gasteiger charge is -2.08. The predicted octanol–water partition coefficient (Wildman–Crippen LogP) is 6.72. The van der Waals surface area contributed by atoms with Gasteiger partial charge in [0, 0.05) is 0 Å². The van der Waals surface area contributed by atoms with Crippen LogP contribution in [-0.4, -0.2) is 18.5 Å². The molecule has 4 rings (SSSR count). The molecule has 5 nitrogen and oxygen atoms in total. The summed E-state index contributed by atoms with van der Waals surface area (Å²) in [5, 5.41) is 0. The molecule has 0 atom stereocenters. The summed E-state index contributed by atoms with van der Waals surface area (Å²) in [4.78, 5) is 24.8. The second-order valence-corrected chi connectivity index (χ2v) is 7.93. The third-order valence-corrected chi connectivity index (χ3v) is 5.29. The van der Waals surface area contributed by atoms with Crippen molar-refractivity contribution in [2.45, 2.75) is 20.0 Å². The Morgan fingerprint density at radius 1 is 0.629 bits per heavy atom. The minimum atomic E-state index is -0.473. The highest BCUT2D eigenvalue weighted by atomic mass is 16.5. The van der Waals surface area contributed by atoms with Crippen molar-refractivity contribution in [3.63, 3.8) is 0 Å². The van der Waals surface area contributed by atoms with Gasteiger partial charge in [0.1, 0.15) is 18.1 Å². The van der Waals surface area contributed by atoms with Crippen LogP contribution in [0.15, 0.2) is 103 Å². The summed E-state index contributed by atoms with van der Waals surface area (Å²) in [6, 6.07) is 30.9. The highest BCUT2D eigenvalue weighted by Crippen LogP contribution is 2.24. The minimum absolute atomic E-state index is 0.198. The number of hydrogen-bond donors (Lipinski definition) is 0. The maximum Gasteiger partial charge on any atom is 0.343 e. The van der Waals surface area contributed by atoms with Gasteiger partial charge in [0.25, 0.3) is 0 Å². The standard InChI is InChI=1S/C30H26O5/c1-2-20-33-27-16-12-24(13-17-27)23-8-10-26(11-9-23)30(32)35-28-18-14-25(15-19-28)29(31)34-21-22-6-4-3-5-7-22/h3-19H,2,20-21H2,1H3. The lowest BCUT2D eigenvalue weighted by molar-refractivity contribution is 0.0472. The highest BCUT2D eigenvalue weighted by molar-refractivity contribution is 5.92. The average Bonchev–Trinajstić information content (AvgIpc) is 2.92. The van der Waals surface area contributed by atoms with Gasteiger partial charge in [0.2, 0.25) is 0 Å². The van der Waals surface area contributed by atoms with Crippen LogP contribution >= 0.6 is 0 Å². The van der Waals surface area contributed by atoms with E-state index < -0.39 is 11.9 Å². The van der Waals surface area contributed by atoms with Gasteiger partial charge in [-0.3, -0.25) is 0 Å². The summed E-state index contributed by atoms with van der Waals surface area (Å²) in [6.45, 7) is 2.96. The molecule has 176 valence electrons. The fourth-order valence-corrected chi connectivity index (χ4v) is 3.39. The van der Waals surface area contributed by atoms with Crippen molar-refractivity contribution in [1.82, 2.24) is 0 Å². The van der Waals surface area contributed by atoms with Crippen molar-refractivity contribution in [2.24, 2.45) is 0 Å². The maximum atomic E-state index is 12.6. The number of hydrogen-bond acceptors (Lipinski definition) is 5. The molecule has 0 fully saturated rings. The lowest BCUT2D eigenvalue weighted by atomic mass is 10.0. The topological polar surface area (TPSA) is 61.8 Å². The van der Waals surface area contributed by atoms with E-state index >= 15 is 0 Å². The van der Waals surface area contributed by atoms with Crippen LogP contribution in [0.1, 0.15) is 39.6 Å². The summed E-state index contributed by atoms with van der Waals surface area (Å²) in [5.41, 5.74) is 3.75. The second kappa shape index (κ2) is 11.7. The molecule has 0 aromatic heterocycles. The van der Waals surface area contributed by atoms with Crippen LogP contribution in [0.3, 0.4) is 0 Å². The number of esters is 2. The lowest BCUT2D eigenvalue weighted by Crippen LogP contribution is -2.09. The molecular weight excluding hydrogens is 440 g/mol. The fourth-order valence-electron chi connectivity index (χ4n) is 3.39. The molecule has 4 aromatic carbocycles. The summed E-state index contributed by atoms with van der Waals surface area (Å²) >= 11 is 0. The smallest absolute Gasteiger partial charge is 0.343 e. The normalized spacial score (nSPS) is 10.4. The Bertz CT molecular complexity index is 1250. The number of carbonyl (C=O) groups excluding carboxylic acids is 2. The number of ether oxygens (including phenoxy) is 3. The quantitative estimate of drug-likeness (QED) is 0.202. The van der Waals surface area contributed by atoms with Gasteiger partial charge < -0.3 is 14.2 Å². The molecule has 0 unspecified atom stereocenters. The van der Waals surface area contributed by atoms with Crippen molar-refractivity contribution in [3.8, 4) is 22.6 Å². The van der Waals surface area contributed by atoms with Gasteiger partial charge in [-0.1, -0.05) is 61.5 Å². The Kier molecular flexibility index (Phi) is 7.92. The number of carbonyl (C=O) groups is 2. The van der Waals surface area contributed by atoms with Gasteiger partial charge in [0.15, 0.2) is 0 Å². The van der Waals surface area contributed by atoms with Crippen LogP contribution < -0.4 is 9.47 Å². The second-order valence-electron chi connectivity index (χ2n) is 7.93. The Balaban J connectivity index is 1.32. The molecule has 5 heteroatoms. The van der Waals surface area contributed by atoms with Gasteiger partial charge in [-0.05, 0) is 71.6 Å². The first-order valence-corrected chi connectivity index (χ1v) is 11.5. The first-order chi connectivity index (χ1) is 17.1. The first kappa shape index (κ1) is 23.8. The molecule has 0 aliphatic heterocycles. The van der Waals surface area contributed by atoms with Gasteiger partial charge in [-0.25, -0.2) is 9.59 Å². The van der Waals surface area contributed by atoms with E-state index in [0.29, 0.717) is 23.5 Å². The molecule has 0 heterocycles. The summed E-state index contributed by atoms with van der Waals surface area (Å²) < 4.78 is 16.4. The maximum absolute atomic E-state index is 12.6. The van der Waals surface area contributed by atoms with E-state index in [1.54, 1.807) is 36.4 Å². The molecule has 0 bridgehead atoms. The van der Waals surface area contributed by atoms with Crippen molar-refractivity contribution >= 4 is 11.9 Å². The molecule has 0 aliphatic carbocycles. The molecule has 4 aromatic rings. The molecular formula is C30H26O5. The molecule has 0 N–H and O–H groups in total. The third-order valence-electron chi connectivity index (χ3n) is 5.29.